The third-order valence-electron chi connectivity index (χ3n) is 2.04. The lowest BCUT2D eigenvalue weighted by atomic mass is 10.2. The van der Waals surface area contributed by atoms with Crippen LogP contribution in [0.4, 0.5) is 0 Å². The van der Waals surface area contributed by atoms with Crippen molar-refractivity contribution in [2.45, 2.75) is 19.4 Å². The fraction of sp³-hybridized carbons (Fsp3) is 0.308. The summed E-state index contributed by atoms with van der Waals surface area (Å²) >= 11 is 0. The fourth-order valence-corrected chi connectivity index (χ4v) is 1.24. The Balaban J connectivity index is 2.17. The Bertz CT molecular complexity index is 337. The molecule has 0 aliphatic heterocycles. The van der Waals surface area contributed by atoms with E-state index in [9.17, 15) is 4.79 Å². The molecule has 2 heteroatoms. The molecule has 0 aliphatic rings. The Morgan fingerprint density at radius 2 is 2.07 bits per heavy atom. The Kier molecular flexibility index (Phi) is 5.21. The highest BCUT2D eigenvalue weighted by Gasteiger charge is 1.99. The van der Waals surface area contributed by atoms with Crippen LogP contribution < -0.4 is 5.32 Å². The van der Waals surface area contributed by atoms with E-state index in [1.807, 2.05) is 30.3 Å². The molecule has 1 aromatic rings. The number of Topliss-reactive ketones (excluding diaryl/α,β-unsaturated/α-hetero) is 1. The van der Waals surface area contributed by atoms with Crippen LogP contribution >= 0.6 is 0 Å². The van der Waals surface area contributed by atoms with Gasteiger partial charge in [-0.25, -0.2) is 0 Å². The highest BCUT2D eigenvalue weighted by Crippen LogP contribution is 1.97. The smallest absolute Gasteiger partial charge is 0.147 e. The molecule has 0 atom stereocenters. The molecule has 0 spiro atoms. The Hall–Kier alpha value is -1.59. The van der Waals surface area contributed by atoms with Gasteiger partial charge in [-0.3, -0.25) is 4.79 Å². The SMILES string of the molecule is C#CCCC(=O)CNCc1ccccc1. The van der Waals surface area contributed by atoms with E-state index >= 15 is 0 Å². The van der Waals surface area contributed by atoms with E-state index < -0.39 is 0 Å². The van der Waals surface area contributed by atoms with E-state index in [1.165, 1.54) is 5.56 Å². The zero-order chi connectivity index (χ0) is 10.9. The number of nitrogens with one attached hydrogen (secondary N) is 1. The quantitative estimate of drug-likeness (QED) is 0.710. The summed E-state index contributed by atoms with van der Waals surface area (Å²) < 4.78 is 0. The van der Waals surface area contributed by atoms with Crippen molar-refractivity contribution in [3.8, 4) is 12.3 Å². The van der Waals surface area contributed by atoms with Crippen LogP contribution in [0.25, 0.3) is 0 Å². The van der Waals surface area contributed by atoms with E-state index in [-0.39, 0.29) is 5.78 Å². The zero-order valence-corrected chi connectivity index (χ0v) is 8.70. The largest absolute Gasteiger partial charge is 0.306 e. The van der Waals surface area contributed by atoms with Crippen LogP contribution in [-0.2, 0) is 11.3 Å². The molecule has 0 amide bonds. The summed E-state index contributed by atoms with van der Waals surface area (Å²) in [5.74, 6) is 2.63. The van der Waals surface area contributed by atoms with E-state index in [0.717, 1.165) is 6.54 Å². The number of hydrogen-bond acceptors (Lipinski definition) is 2. The average molecular weight is 201 g/mol. The number of hydrogen-bond donors (Lipinski definition) is 1. The molecule has 0 aliphatic carbocycles. The Morgan fingerprint density at radius 3 is 2.73 bits per heavy atom. The molecule has 0 aromatic heterocycles. The maximum absolute atomic E-state index is 11.2. The van der Waals surface area contributed by atoms with Gasteiger partial charge in [-0.05, 0) is 5.56 Å². The van der Waals surface area contributed by atoms with Gasteiger partial charge in [0.1, 0.15) is 5.78 Å². The first-order valence-corrected chi connectivity index (χ1v) is 5.02. The summed E-state index contributed by atoms with van der Waals surface area (Å²) in [4.78, 5) is 11.2. The number of terminal acetylenes is 1. The number of carbonyl (C=O) groups excluding carboxylic acids is 1. The molecule has 0 saturated heterocycles. The minimum atomic E-state index is 0.170. The molecular weight excluding hydrogens is 186 g/mol. The van der Waals surface area contributed by atoms with Crippen molar-refractivity contribution in [2.24, 2.45) is 0 Å². The summed E-state index contributed by atoms with van der Waals surface area (Å²) in [6.45, 7) is 1.12. The normalized spacial score (nSPS) is 9.53. The molecule has 1 aromatic carbocycles. The van der Waals surface area contributed by atoms with Crippen molar-refractivity contribution >= 4 is 5.78 Å². The molecule has 0 bridgehead atoms. The van der Waals surface area contributed by atoms with Gasteiger partial charge in [-0.15, -0.1) is 12.3 Å². The van der Waals surface area contributed by atoms with Crippen LogP contribution in [0.15, 0.2) is 30.3 Å². The fourth-order valence-electron chi connectivity index (χ4n) is 1.24. The van der Waals surface area contributed by atoms with Crippen molar-refractivity contribution < 1.29 is 4.79 Å². The second-order valence-corrected chi connectivity index (χ2v) is 3.33. The molecule has 0 heterocycles. The van der Waals surface area contributed by atoms with Gasteiger partial charge in [-0.1, -0.05) is 30.3 Å². The molecule has 78 valence electrons. The molecule has 1 rings (SSSR count). The van der Waals surface area contributed by atoms with Crippen LogP contribution in [0.1, 0.15) is 18.4 Å². The van der Waals surface area contributed by atoms with Crippen molar-refractivity contribution in [3.63, 3.8) is 0 Å². The first kappa shape index (κ1) is 11.5. The minimum absolute atomic E-state index is 0.170. The van der Waals surface area contributed by atoms with Crippen molar-refractivity contribution in [1.82, 2.24) is 5.32 Å². The summed E-state index contributed by atoms with van der Waals surface area (Å²) in [5.41, 5.74) is 1.18. The maximum atomic E-state index is 11.2. The van der Waals surface area contributed by atoms with Gasteiger partial charge < -0.3 is 5.32 Å². The van der Waals surface area contributed by atoms with Gasteiger partial charge >= 0.3 is 0 Å². The molecule has 2 nitrogen and oxygen atoms in total. The maximum Gasteiger partial charge on any atom is 0.147 e. The van der Waals surface area contributed by atoms with Crippen LogP contribution in [0, 0.1) is 12.3 Å². The monoisotopic (exact) mass is 201 g/mol. The molecule has 0 fully saturated rings. The predicted molar refractivity (Wildman–Crippen MR) is 61.2 cm³/mol. The lowest BCUT2D eigenvalue weighted by Gasteiger charge is -2.03. The summed E-state index contributed by atoms with van der Waals surface area (Å²) in [7, 11) is 0. The first-order chi connectivity index (χ1) is 7.33. The van der Waals surface area contributed by atoms with Gasteiger partial charge in [0.15, 0.2) is 0 Å². The molecule has 0 saturated carbocycles. The number of ketones is 1. The summed E-state index contributed by atoms with van der Waals surface area (Å²) in [6, 6.07) is 9.99. The Labute approximate surface area is 90.7 Å². The van der Waals surface area contributed by atoms with Crippen molar-refractivity contribution in [3.05, 3.63) is 35.9 Å². The third kappa shape index (κ3) is 4.99. The molecule has 15 heavy (non-hydrogen) atoms. The van der Waals surface area contributed by atoms with Gasteiger partial charge in [0.25, 0.3) is 0 Å². The van der Waals surface area contributed by atoms with Crippen LogP contribution in [0.5, 0.6) is 0 Å². The minimum Gasteiger partial charge on any atom is -0.306 e. The van der Waals surface area contributed by atoms with Gasteiger partial charge in [0, 0.05) is 19.4 Å². The lowest BCUT2D eigenvalue weighted by Crippen LogP contribution is -2.22. The van der Waals surface area contributed by atoms with Crippen molar-refractivity contribution in [1.29, 1.82) is 0 Å². The average Bonchev–Trinajstić information content (AvgIpc) is 2.28. The standard InChI is InChI=1S/C13H15NO/c1-2-3-9-13(15)11-14-10-12-7-5-4-6-8-12/h1,4-8,14H,3,9-11H2. The summed E-state index contributed by atoms with van der Waals surface area (Å²) in [5, 5.41) is 3.09. The third-order valence-corrected chi connectivity index (χ3v) is 2.04. The highest BCUT2D eigenvalue weighted by molar-refractivity contribution is 5.80. The van der Waals surface area contributed by atoms with E-state index in [4.69, 9.17) is 6.42 Å². The number of carbonyl (C=O) groups is 1. The number of benzene rings is 1. The van der Waals surface area contributed by atoms with Gasteiger partial charge in [0.05, 0.1) is 6.54 Å². The molecule has 0 radical (unpaired) electrons. The van der Waals surface area contributed by atoms with Crippen LogP contribution in [-0.4, -0.2) is 12.3 Å². The van der Waals surface area contributed by atoms with Crippen LogP contribution in [0.3, 0.4) is 0 Å². The molecule has 0 unspecified atom stereocenters. The van der Waals surface area contributed by atoms with Crippen molar-refractivity contribution in [2.75, 3.05) is 6.54 Å². The predicted octanol–water partition coefficient (Wildman–Crippen LogP) is 1.76. The highest BCUT2D eigenvalue weighted by atomic mass is 16.1. The van der Waals surface area contributed by atoms with Crippen LogP contribution in [0.2, 0.25) is 0 Å². The number of rotatable bonds is 6. The summed E-state index contributed by atoms with van der Waals surface area (Å²) in [6.07, 6.45) is 6.08. The zero-order valence-electron chi connectivity index (χ0n) is 8.70. The second kappa shape index (κ2) is 6.80. The topological polar surface area (TPSA) is 29.1 Å². The van der Waals surface area contributed by atoms with E-state index in [2.05, 4.69) is 11.2 Å². The lowest BCUT2D eigenvalue weighted by molar-refractivity contribution is -0.118. The Morgan fingerprint density at radius 1 is 1.33 bits per heavy atom. The molecular formula is C13H15NO. The van der Waals surface area contributed by atoms with Gasteiger partial charge in [-0.2, -0.15) is 0 Å². The second-order valence-electron chi connectivity index (χ2n) is 3.33. The van der Waals surface area contributed by atoms with E-state index in [1.54, 1.807) is 0 Å². The molecule has 1 N–H and O–H groups in total. The first-order valence-electron chi connectivity index (χ1n) is 5.02. The van der Waals surface area contributed by atoms with Gasteiger partial charge in [0.2, 0.25) is 0 Å². The van der Waals surface area contributed by atoms with E-state index in [0.29, 0.717) is 19.4 Å².